The van der Waals surface area contributed by atoms with Crippen LogP contribution in [0.25, 0.3) is 0 Å². The van der Waals surface area contributed by atoms with E-state index in [9.17, 15) is 4.79 Å². The van der Waals surface area contributed by atoms with E-state index in [4.69, 9.17) is 5.73 Å². The summed E-state index contributed by atoms with van der Waals surface area (Å²) in [5, 5.41) is 5.12. The van der Waals surface area contributed by atoms with Crippen LogP contribution in [0.15, 0.2) is 17.5 Å². The summed E-state index contributed by atoms with van der Waals surface area (Å²) >= 11 is 1.69. The molecule has 3 nitrogen and oxygen atoms in total. The van der Waals surface area contributed by atoms with Gasteiger partial charge in [-0.1, -0.05) is 26.3 Å². The Morgan fingerprint density at radius 2 is 2.24 bits per heavy atom. The van der Waals surface area contributed by atoms with E-state index in [0.717, 1.165) is 12.8 Å². The van der Waals surface area contributed by atoms with Crippen LogP contribution in [0.4, 0.5) is 0 Å². The quantitative estimate of drug-likeness (QED) is 0.786. The molecule has 0 saturated carbocycles. The number of amides is 1. The molecule has 0 saturated heterocycles. The number of nitrogens with one attached hydrogen (secondary N) is 1. The van der Waals surface area contributed by atoms with E-state index >= 15 is 0 Å². The van der Waals surface area contributed by atoms with Crippen molar-refractivity contribution in [3.8, 4) is 0 Å². The zero-order chi connectivity index (χ0) is 12.7. The van der Waals surface area contributed by atoms with Crippen LogP contribution in [0.5, 0.6) is 0 Å². The van der Waals surface area contributed by atoms with Crippen LogP contribution in [0, 0.1) is 5.92 Å². The van der Waals surface area contributed by atoms with Crippen LogP contribution in [-0.2, 0) is 4.79 Å². The molecule has 0 bridgehead atoms. The maximum absolute atomic E-state index is 11.9. The van der Waals surface area contributed by atoms with Gasteiger partial charge < -0.3 is 11.1 Å². The number of carbonyl (C=O) groups is 1. The highest BCUT2D eigenvalue weighted by molar-refractivity contribution is 7.10. The van der Waals surface area contributed by atoms with Crippen LogP contribution < -0.4 is 11.1 Å². The number of rotatable bonds is 7. The summed E-state index contributed by atoms with van der Waals surface area (Å²) in [6, 6.07) is 4.24. The average Bonchev–Trinajstić information content (AvgIpc) is 2.86. The molecule has 3 N–H and O–H groups in total. The first kappa shape index (κ1) is 14.2. The lowest BCUT2D eigenvalue weighted by atomic mass is 10.0. The molecule has 1 rings (SSSR count). The number of nitrogens with two attached hydrogens (primary N) is 1. The minimum Gasteiger partial charge on any atom is -0.348 e. The lowest BCUT2D eigenvalue weighted by molar-refractivity contribution is -0.122. The van der Waals surface area contributed by atoms with Crippen molar-refractivity contribution < 1.29 is 4.79 Å². The zero-order valence-corrected chi connectivity index (χ0v) is 11.4. The van der Waals surface area contributed by atoms with Crippen molar-refractivity contribution in [3.63, 3.8) is 0 Å². The van der Waals surface area contributed by atoms with Crippen LogP contribution in [0.1, 0.15) is 44.0 Å². The summed E-state index contributed by atoms with van der Waals surface area (Å²) in [4.78, 5) is 13.1. The van der Waals surface area contributed by atoms with Gasteiger partial charge >= 0.3 is 0 Å². The van der Waals surface area contributed by atoms with E-state index in [1.54, 1.807) is 11.3 Å². The molecule has 2 atom stereocenters. The largest absolute Gasteiger partial charge is 0.348 e. The maximum Gasteiger partial charge on any atom is 0.220 e. The lowest BCUT2D eigenvalue weighted by Gasteiger charge is -2.18. The van der Waals surface area contributed by atoms with E-state index in [0.29, 0.717) is 18.9 Å². The minimum absolute atomic E-state index is 0.113. The molecule has 0 radical (unpaired) electrons. The van der Waals surface area contributed by atoms with Gasteiger partial charge in [0.1, 0.15) is 0 Å². The Morgan fingerprint density at radius 3 is 2.71 bits per heavy atom. The molecule has 17 heavy (non-hydrogen) atoms. The fourth-order valence-electron chi connectivity index (χ4n) is 1.77. The fraction of sp³-hybridized carbons (Fsp3) is 0.615. The van der Waals surface area contributed by atoms with Gasteiger partial charge in [0.05, 0.1) is 6.04 Å². The first-order chi connectivity index (χ1) is 8.21. The molecule has 1 aromatic rings. The van der Waals surface area contributed by atoms with Crippen molar-refractivity contribution in [1.29, 1.82) is 0 Å². The molecule has 1 heterocycles. The second-order valence-corrected chi connectivity index (χ2v) is 5.24. The first-order valence-corrected chi connectivity index (χ1v) is 7.12. The van der Waals surface area contributed by atoms with Crippen molar-refractivity contribution in [2.75, 3.05) is 6.54 Å². The van der Waals surface area contributed by atoms with Crippen molar-refractivity contribution in [3.05, 3.63) is 22.4 Å². The van der Waals surface area contributed by atoms with Crippen LogP contribution in [0.2, 0.25) is 0 Å². The molecule has 0 aliphatic carbocycles. The third-order valence-electron chi connectivity index (χ3n) is 3.01. The van der Waals surface area contributed by atoms with E-state index in [-0.39, 0.29) is 11.9 Å². The summed E-state index contributed by atoms with van der Waals surface area (Å²) in [6.07, 6.45) is 2.42. The van der Waals surface area contributed by atoms with Crippen LogP contribution in [0.3, 0.4) is 0 Å². The molecular weight excluding hydrogens is 232 g/mol. The molecule has 0 aliphatic rings. The number of thiophene rings is 1. The molecule has 1 amide bonds. The highest BCUT2D eigenvalue weighted by atomic mass is 32.1. The van der Waals surface area contributed by atoms with E-state index in [1.807, 2.05) is 11.4 Å². The van der Waals surface area contributed by atoms with Crippen molar-refractivity contribution >= 4 is 17.2 Å². The second kappa shape index (κ2) is 7.45. The van der Waals surface area contributed by atoms with E-state index in [1.165, 1.54) is 4.88 Å². The van der Waals surface area contributed by atoms with Gasteiger partial charge in [0.15, 0.2) is 0 Å². The lowest BCUT2D eigenvalue weighted by Crippen LogP contribution is -2.30. The Hall–Kier alpha value is -0.870. The van der Waals surface area contributed by atoms with Gasteiger partial charge in [-0.3, -0.25) is 4.79 Å². The molecule has 1 aromatic heterocycles. The zero-order valence-electron chi connectivity index (χ0n) is 10.6. The summed E-state index contributed by atoms with van der Waals surface area (Å²) in [5.74, 6) is 0.415. The summed E-state index contributed by atoms with van der Waals surface area (Å²) < 4.78 is 0. The Labute approximate surface area is 107 Å². The third-order valence-corrected chi connectivity index (χ3v) is 4.00. The van der Waals surface area contributed by atoms with Gasteiger partial charge in [0, 0.05) is 11.3 Å². The highest BCUT2D eigenvalue weighted by Crippen LogP contribution is 2.22. The molecule has 0 aromatic carbocycles. The summed E-state index contributed by atoms with van der Waals surface area (Å²) in [6.45, 7) is 4.74. The summed E-state index contributed by atoms with van der Waals surface area (Å²) in [7, 11) is 0. The molecule has 0 fully saturated rings. The molecular formula is C13H22N2OS. The number of carbonyl (C=O) groups excluding carboxylic acids is 1. The average molecular weight is 254 g/mol. The Bertz CT molecular complexity index is 320. The van der Waals surface area contributed by atoms with E-state index in [2.05, 4.69) is 25.2 Å². The Balaban J connectivity index is 2.49. The van der Waals surface area contributed by atoms with Gasteiger partial charge in [-0.05, 0) is 30.3 Å². The molecule has 0 spiro atoms. The molecule has 2 unspecified atom stereocenters. The molecule has 0 aliphatic heterocycles. The predicted octanol–water partition coefficient (Wildman–Crippen LogP) is 2.69. The Kier molecular flexibility index (Phi) is 6.22. The monoisotopic (exact) mass is 254 g/mol. The maximum atomic E-state index is 11.9. The standard InChI is InChI=1S/C13H22N2OS/c1-3-10(9-14)8-13(16)15-11(4-2)12-6-5-7-17-12/h5-7,10-11H,3-4,8-9,14H2,1-2H3,(H,15,16). The van der Waals surface area contributed by atoms with Gasteiger partial charge in [0.25, 0.3) is 0 Å². The Morgan fingerprint density at radius 1 is 1.47 bits per heavy atom. The smallest absolute Gasteiger partial charge is 0.220 e. The highest BCUT2D eigenvalue weighted by Gasteiger charge is 2.16. The van der Waals surface area contributed by atoms with Crippen molar-refractivity contribution in [2.24, 2.45) is 11.7 Å². The molecule has 96 valence electrons. The first-order valence-electron chi connectivity index (χ1n) is 6.24. The predicted molar refractivity (Wildman–Crippen MR) is 72.9 cm³/mol. The molecule has 4 heteroatoms. The van der Waals surface area contributed by atoms with Crippen molar-refractivity contribution in [1.82, 2.24) is 5.32 Å². The fourth-order valence-corrected chi connectivity index (χ4v) is 2.63. The van der Waals surface area contributed by atoms with Crippen molar-refractivity contribution in [2.45, 2.75) is 39.2 Å². The number of hydrogen-bond donors (Lipinski definition) is 2. The van der Waals surface area contributed by atoms with Gasteiger partial charge in [-0.15, -0.1) is 11.3 Å². The van der Waals surface area contributed by atoms with Gasteiger partial charge in [0.2, 0.25) is 5.91 Å². The van der Waals surface area contributed by atoms with E-state index < -0.39 is 0 Å². The third kappa shape index (κ3) is 4.48. The summed E-state index contributed by atoms with van der Waals surface area (Å²) in [5.41, 5.74) is 5.61. The van der Waals surface area contributed by atoms with Crippen LogP contribution >= 0.6 is 11.3 Å². The van der Waals surface area contributed by atoms with Crippen LogP contribution in [-0.4, -0.2) is 12.5 Å². The van der Waals surface area contributed by atoms with Gasteiger partial charge in [-0.2, -0.15) is 0 Å². The topological polar surface area (TPSA) is 55.1 Å². The second-order valence-electron chi connectivity index (χ2n) is 4.26. The van der Waals surface area contributed by atoms with Gasteiger partial charge in [-0.25, -0.2) is 0 Å². The normalized spacial score (nSPS) is 14.3. The SMILES string of the molecule is CCC(CN)CC(=O)NC(CC)c1cccs1. The number of hydrogen-bond acceptors (Lipinski definition) is 3. The minimum atomic E-state index is 0.113.